The van der Waals surface area contributed by atoms with Gasteiger partial charge in [0.1, 0.15) is 0 Å². The lowest BCUT2D eigenvalue weighted by atomic mass is 9.81. The normalized spacial score (nSPS) is 32.7. The molecule has 3 aliphatic heterocycles. The number of hydrogen-bond acceptors (Lipinski definition) is 3. The number of carbonyl (C=O) groups excluding carboxylic acids is 2. The number of piperidine rings is 2. The molecule has 128 valence electrons. The Bertz CT molecular complexity index is 660. The first kappa shape index (κ1) is 15.6. The van der Waals surface area contributed by atoms with Crippen LogP contribution in [0.4, 0.5) is 5.69 Å². The number of benzene rings is 1. The monoisotopic (exact) mass is 327 g/mol. The van der Waals surface area contributed by atoms with Gasteiger partial charge < -0.3 is 15.5 Å². The quantitative estimate of drug-likeness (QED) is 0.923. The Morgan fingerprint density at radius 1 is 1.17 bits per heavy atom. The molecule has 3 aliphatic rings. The van der Waals surface area contributed by atoms with E-state index in [4.69, 9.17) is 5.73 Å². The zero-order valence-corrected chi connectivity index (χ0v) is 14.1. The van der Waals surface area contributed by atoms with Crippen LogP contribution in [0.5, 0.6) is 0 Å². The summed E-state index contributed by atoms with van der Waals surface area (Å²) < 4.78 is 0. The van der Waals surface area contributed by atoms with E-state index in [-0.39, 0.29) is 18.4 Å². The van der Waals surface area contributed by atoms with E-state index in [1.807, 2.05) is 29.2 Å². The van der Waals surface area contributed by atoms with Gasteiger partial charge in [-0.25, -0.2) is 0 Å². The van der Waals surface area contributed by atoms with E-state index < -0.39 is 11.8 Å². The molecule has 3 unspecified atom stereocenters. The van der Waals surface area contributed by atoms with Crippen LogP contribution >= 0.6 is 0 Å². The first-order chi connectivity index (χ1) is 11.6. The average Bonchev–Trinajstić information content (AvgIpc) is 2.80. The second kappa shape index (κ2) is 5.88. The number of rotatable bonds is 3. The van der Waals surface area contributed by atoms with Crippen LogP contribution in [0.25, 0.3) is 0 Å². The van der Waals surface area contributed by atoms with Crippen molar-refractivity contribution in [1.82, 2.24) is 4.90 Å². The van der Waals surface area contributed by atoms with Gasteiger partial charge >= 0.3 is 0 Å². The summed E-state index contributed by atoms with van der Waals surface area (Å²) in [6, 6.07) is 9.27. The molecule has 3 heterocycles. The molecule has 2 saturated heterocycles. The van der Waals surface area contributed by atoms with E-state index in [9.17, 15) is 9.59 Å². The first-order valence-corrected chi connectivity index (χ1v) is 8.98. The fourth-order valence-electron chi connectivity index (χ4n) is 4.99. The topological polar surface area (TPSA) is 66.6 Å². The fourth-order valence-corrected chi connectivity index (χ4v) is 4.99. The SMILES string of the molecule is CN1C2CCCC1CC(N1C(=O)C(CC(N)=O)c3ccccc31)C2. The minimum atomic E-state index is -0.412. The van der Waals surface area contributed by atoms with Crippen molar-refractivity contribution in [2.45, 2.75) is 62.6 Å². The number of hydrogen-bond donors (Lipinski definition) is 1. The number of fused-ring (bicyclic) bond motifs is 3. The van der Waals surface area contributed by atoms with E-state index >= 15 is 0 Å². The van der Waals surface area contributed by atoms with Gasteiger partial charge in [0.15, 0.2) is 0 Å². The molecular weight excluding hydrogens is 302 g/mol. The maximum absolute atomic E-state index is 13.1. The van der Waals surface area contributed by atoms with Gasteiger partial charge in [-0.15, -0.1) is 0 Å². The minimum Gasteiger partial charge on any atom is -0.370 e. The predicted molar refractivity (Wildman–Crippen MR) is 92.7 cm³/mol. The van der Waals surface area contributed by atoms with E-state index in [0.29, 0.717) is 12.1 Å². The summed E-state index contributed by atoms with van der Waals surface area (Å²) in [7, 11) is 2.22. The van der Waals surface area contributed by atoms with Crippen LogP contribution in [0.1, 0.15) is 50.0 Å². The van der Waals surface area contributed by atoms with E-state index in [1.165, 1.54) is 19.3 Å². The largest absolute Gasteiger partial charge is 0.370 e. The number of anilines is 1. The van der Waals surface area contributed by atoms with Gasteiger partial charge in [0.2, 0.25) is 11.8 Å². The lowest BCUT2D eigenvalue weighted by Gasteiger charge is -2.49. The number of carbonyl (C=O) groups is 2. The minimum absolute atomic E-state index is 0.0580. The number of para-hydroxylation sites is 1. The molecule has 1 aromatic rings. The van der Waals surface area contributed by atoms with Gasteiger partial charge in [0, 0.05) is 30.2 Å². The summed E-state index contributed by atoms with van der Waals surface area (Å²) in [4.78, 5) is 29.0. The van der Waals surface area contributed by atoms with Gasteiger partial charge in [-0.3, -0.25) is 9.59 Å². The predicted octanol–water partition coefficient (Wildman–Crippen LogP) is 2.01. The van der Waals surface area contributed by atoms with Crippen molar-refractivity contribution in [3.05, 3.63) is 29.8 Å². The van der Waals surface area contributed by atoms with Crippen LogP contribution in [0.2, 0.25) is 0 Å². The number of nitrogens with two attached hydrogens (primary N) is 1. The molecule has 0 aromatic heterocycles. The zero-order chi connectivity index (χ0) is 16.8. The van der Waals surface area contributed by atoms with Crippen molar-refractivity contribution in [1.29, 1.82) is 0 Å². The Labute approximate surface area is 142 Å². The third-order valence-electron chi connectivity index (χ3n) is 6.19. The molecule has 24 heavy (non-hydrogen) atoms. The molecule has 4 rings (SSSR count). The van der Waals surface area contributed by atoms with E-state index in [1.54, 1.807) is 0 Å². The van der Waals surface area contributed by atoms with Crippen LogP contribution in [-0.4, -0.2) is 41.9 Å². The summed E-state index contributed by atoms with van der Waals surface area (Å²) in [5.41, 5.74) is 7.34. The van der Waals surface area contributed by atoms with Crippen molar-refractivity contribution in [3.8, 4) is 0 Å². The first-order valence-electron chi connectivity index (χ1n) is 8.98. The summed E-state index contributed by atoms with van der Waals surface area (Å²) in [5.74, 6) is -0.758. The Hall–Kier alpha value is -1.88. The van der Waals surface area contributed by atoms with E-state index in [0.717, 1.165) is 24.1 Å². The van der Waals surface area contributed by atoms with Crippen LogP contribution in [0.3, 0.4) is 0 Å². The summed E-state index contributed by atoms with van der Waals surface area (Å²) >= 11 is 0. The van der Waals surface area contributed by atoms with Crippen molar-refractivity contribution in [3.63, 3.8) is 0 Å². The number of amides is 2. The fraction of sp³-hybridized carbons (Fsp3) is 0.579. The van der Waals surface area contributed by atoms with Gasteiger partial charge in [0.25, 0.3) is 0 Å². The standard InChI is InChI=1S/C19H25N3O2/c1-21-12-5-4-6-13(21)10-14(9-12)22-17-8-3-2-7-15(17)16(19(22)24)11-18(20)23/h2-3,7-8,12-14,16H,4-6,9-11H2,1H3,(H2,20,23). The number of primary amides is 1. The highest BCUT2D eigenvalue weighted by atomic mass is 16.2. The second-order valence-corrected chi connectivity index (χ2v) is 7.52. The second-order valence-electron chi connectivity index (χ2n) is 7.52. The Kier molecular flexibility index (Phi) is 3.83. The van der Waals surface area contributed by atoms with Crippen LogP contribution in [0.15, 0.2) is 24.3 Å². The molecule has 1 aromatic carbocycles. The molecule has 0 spiro atoms. The summed E-state index contributed by atoms with van der Waals surface area (Å²) in [6.07, 6.45) is 5.88. The van der Waals surface area contributed by atoms with Crippen LogP contribution < -0.4 is 10.6 Å². The van der Waals surface area contributed by atoms with Gasteiger partial charge in [-0.2, -0.15) is 0 Å². The van der Waals surface area contributed by atoms with Crippen molar-refractivity contribution >= 4 is 17.5 Å². The van der Waals surface area contributed by atoms with Gasteiger partial charge in [-0.1, -0.05) is 24.6 Å². The van der Waals surface area contributed by atoms with Gasteiger partial charge in [0.05, 0.1) is 5.92 Å². The Morgan fingerprint density at radius 2 is 1.83 bits per heavy atom. The summed E-state index contributed by atoms with van der Waals surface area (Å²) in [6.45, 7) is 0. The molecule has 0 saturated carbocycles. The van der Waals surface area contributed by atoms with Crippen molar-refractivity contribution in [2.24, 2.45) is 5.73 Å². The lowest BCUT2D eigenvalue weighted by molar-refractivity contribution is -0.124. The summed E-state index contributed by atoms with van der Waals surface area (Å²) in [5, 5.41) is 0. The molecule has 5 nitrogen and oxygen atoms in total. The highest BCUT2D eigenvalue weighted by molar-refractivity contribution is 6.07. The maximum Gasteiger partial charge on any atom is 0.235 e. The molecule has 2 fully saturated rings. The molecule has 0 aliphatic carbocycles. The molecule has 0 radical (unpaired) electrons. The Morgan fingerprint density at radius 3 is 2.50 bits per heavy atom. The third kappa shape index (κ3) is 2.42. The molecular formula is C19H25N3O2. The average molecular weight is 327 g/mol. The number of nitrogens with zero attached hydrogens (tertiary/aromatic N) is 2. The molecule has 3 atom stereocenters. The molecule has 2 bridgehead atoms. The smallest absolute Gasteiger partial charge is 0.235 e. The van der Waals surface area contributed by atoms with E-state index in [2.05, 4.69) is 11.9 Å². The van der Waals surface area contributed by atoms with Gasteiger partial charge in [-0.05, 0) is 44.4 Å². The van der Waals surface area contributed by atoms with Crippen molar-refractivity contribution in [2.75, 3.05) is 11.9 Å². The lowest BCUT2D eigenvalue weighted by Crippen LogP contribution is -2.56. The Balaban J connectivity index is 1.66. The van der Waals surface area contributed by atoms with Crippen LogP contribution in [-0.2, 0) is 9.59 Å². The maximum atomic E-state index is 13.1. The molecule has 5 heteroatoms. The zero-order valence-electron chi connectivity index (χ0n) is 14.1. The third-order valence-corrected chi connectivity index (χ3v) is 6.19. The van der Waals surface area contributed by atoms with Crippen molar-refractivity contribution < 1.29 is 9.59 Å². The van der Waals surface area contributed by atoms with Crippen LogP contribution in [0, 0.1) is 0 Å². The molecule has 2 N–H and O–H groups in total. The highest BCUT2D eigenvalue weighted by Gasteiger charge is 2.45. The highest BCUT2D eigenvalue weighted by Crippen LogP contribution is 2.44. The molecule has 2 amide bonds.